The van der Waals surface area contributed by atoms with E-state index in [1.807, 2.05) is 12.1 Å². The van der Waals surface area contributed by atoms with Gasteiger partial charge in [-0.25, -0.2) is 0 Å². The van der Waals surface area contributed by atoms with Gasteiger partial charge in [-0.15, -0.1) is 0 Å². The van der Waals surface area contributed by atoms with Crippen molar-refractivity contribution in [3.05, 3.63) is 57.0 Å². The summed E-state index contributed by atoms with van der Waals surface area (Å²) in [5.74, 6) is 0.0799. The minimum absolute atomic E-state index is 0.168. The lowest BCUT2D eigenvalue weighted by Crippen LogP contribution is -2.20. The van der Waals surface area contributed by atoms with Crippen LogP contribution in [-0.4, -0.2) is 18.8 Å². The van der Waals surface area contributed by atoms with Crippen LogP contribution in [0.4, 0.5) is 5.69 Å². The van der Waals surface area contributed by atoms with Crippen LogP contribution >= 0.6 is 31.9 Å². The molecule has 0 atom stereocenters. The first-order chi connectivity index (χ1) is 10.1. The lowest BCUT2D eigenvalue weighted by atomic mass is 10.2. The van der Waals surface area contributed by atoms with E-state index in [0.29, 0.717) is 23.3 Å². The van der Waals surface area contributed by atoms with Crippen molar-refractivity contribution < 1.29 is 14.3 Å². The average molecular weight is 413 g/mol. The number of ether oxygens (including phenoxy) is 1. The van der Waals surface area contributed by atoms with Crippen molar-refractivity contribution in [1.29, 1.82) is 0 Å². The SMILES string of the molecule is O=Cc1cc(Br)ccc1OCC(=O)Nc1ccc(Br)cc1. The fourth-order valence-corrected chi connectivity index (χ4v) is 2.26. The van der Waals surface area contributed by atoms with Crippen LogP contribution in [0.5, 0.6) is 5.75 Å². The number of anilines is 1. The Labute approximate surface area is 138 Å². The Balaban J connectivity index is 1.95. The maximum atomic E-state index is 11.8. The molecule has 0 bridgehead atoms. The summed E-state index contributed by atoms with van der Waals surface area (Å²) in [6, 6.07) is 12.2. The van der Waals surface area contributed by atoms with Gasteiger partial charge in [-0.2, -0.15) is 0 Å². The van der Waals surface area contributed by atoms with Gasteiger partial charge in [0.25, 0.3) is 5.91 Å². The van der Waals surface area contributed by atoms with Crippen LogP contribution in [0.15, 0.2) is 51.4 Å². The van der Waals surface area contributed by atoms with Crippen molar-refractivity contribution in [3.8, 4) is 5.75 Å². The molecule has 0 fully saturated rings. The van der Waals surface area contributed by atoms with Gasteiger partial charge in [-0.05, 0) is 42.5 Å². The van der Waals surface area contributed by atoms with E-state index < -0.39 is 0 Å². The lowest BCUT2D eigenvalue weighted by molar-refractivity contribution is -0.118. The molecule has 0 saturated heterocycles. The smallest absolute Gasteiger partial charge is 0.262 e. The van der Waals surface area contributed by atoms with Gasteiger partial charge in [0.05, 0.1) is 5.56 Å². The zero-order valence-corrected chi connectivity index (χ0v) is 14.0. The number of benzene rings is 2. The van der Waals surface area contributed by atoms with Gasteiger partial charge in [0, 0.05) is 14.6 Å². The van der Waals surface area contributed by atoms with Gasteiger partial charge in [0.15, 0.2) is 12.9 Å². The number of rotatable bonds is 5. The molecule has 0 saturated carbocycles. The second-order valence-corrected chi connectivity index (χ2v) is 5.98. The fraction of sp³-hybridized carbons (Fsp3) is 0.0667. The van der Waals surface area contributed by atoms with Crippen LogP contribution in [0, 0.1) is 0 Å². The second-order valence-electron chi connectivity index (χ2n) is 4.14. The highest BCUT2D eigenvalue weighted by Gasteiger charge is 2.07. The first kappa shape index (κ1) is 15.7. The van der Waals surface area contributed by atoms with Crippen molar-refractivity contribution in [2.45, 2.75) is 0 Å². The van der Waals surface area contributed by atoms with Crippen LogP contribution < -0.4 is 10.1 Å². The monoisotopic (exact) mass is 411 g/mol. The second kappa shape index (κ2) is 7.38. The molecule has 0 aromatic heterocycles. The summed E-state index contributed by atoms with van der Waals surface area (Å²) in [5, 5.41) is 2.71. The summed E-state index contributed by atoms with van der Waals surface area (Å²) in [6.45, 7) is -0.168. The number of hydrogen-bond acceptors (Lipinski definition) is 3. The molecule has 0 radical (unpaired) electrons. The molecule has 0 aliphatic rings. The largest absolute Gasteiger partial charge is 0.483 e. The number of halogens is 2. The molecule has 0 spiro atoms. The Morgan fingerprint density at radius 3 is 2.43 bits per heavy atom. The number of carbonyl (C=O) groups excluding carboxylic acids is 2. The fourth-order valence-electron chi connectivity index (χ4n) is 1.62. The minimum atomic E-state index is -0.294. The first-order valence-electron chi connectivity index (χ1n) is 6.01. The van der Waals surface area contributed by atoms with Gasteiger partial charge in [0.1, 0.15) is 5.75 Å². The highest BCUT2D eigenvalue weighted by molar-refractivity contribution is 9.10. The van der Waals surface area contributed by atoms with Crippen LogP contribution in [0.1, 0.15) is 10.4 Å². The van der Waals surface area contributed by atoms with Crippen LogP contribution in [-0.2, 0) is 4.79 Å². The number of aldehydes is 1. The standard InChI is InChI=1S/C15H11Br2NO3/c16-11-1-4-13(5-2-11)18-15(20)9-21-14-6-3-12(17)7-10(14)8-19/h1-8H,9H2,(H,18,20). The molecule has 2 aromatic carbocycles. The molecule has 0 unspecified atom stereocenters. The maximum Gasteiger partial charge on any atom is 0.262 e. The van der Waals surface area contributed by atoms with E-state index in [1.54, 1.807) is 30.3 Å². The number of amides is 1. The molecule has 108 valence electrons. The summed E-state index contributed by atoms with van der Waals surface area (Å²) in [4.78, 5) is 22.7. The third-order valence-corrected chi connectivity index (χ3v) is 3.61. The lowest BCUT2D eigenvalue weighted by Gasteiger charge is -2.09. The quantitative estimate of drug-likeness (QED) is 0.754. The number of hydrogen-bond donors (Lipinski definition) is 1. The van der Waals surface area contributed by atoms with Gasteiger partial charge in [-0.3, -0.25) is 9.59 Å². The molecule has 1 amide bonds. The Kier molecular flexibility index (Phi) is 5.52. The molecule has 2 rings (SSSR count). The van der Waals surface area contributed by atoms with E-state index in [1.165, 1.54) is 0 Å². The van der Waals surface area contributed by atoms with E-state index >= 15 is 0 Å². The topological polar surface area (TPSA) is 55.4 Å². The predicted octanol–water partition coefficient (Wildman–Crippen LogP) is 4.04. The van der Waals surface area contributed by atoms with Crippen LogP contribution in [0.25, 0.3) is 0 Å². The summed E-state index contributed by atoms with van der Waals surface area (Å²) in [5.41, 5.74) is 1.07. The van der Waals surface area contributed by atoms with Crippen molar-refractivity contribution in [2.24, 2.45) is 0 Å². The molecule has 2 aromatic rings. The van der Waals surface area contributed by atoms with Crippen LogP contribution in [0.3, 0.4) is 0 Å². The highest BCUT2D eigenvalue weighted by Crippen LogP contribution is 2.21. The summed E-state index contributed by atoms with van der Waals surface area (Å²) < 4.78 is 7.07. The van der Waals surface area contributed by atoms with E-state index in [-0.39, 0.29) is 12.5 Å². The Morgan fingerprint density at radius 1 is 1.10 bits per heavy atom. The van der Waals surface area contributed by atoms with Crippen molar-refractivity contribution in [2.75, 3.05) is 11.9 Å². The highest BCUT2D eigenvalue weighted by atomic mass is 79.9. The van der Waals surface area contributed by atoms with E-state index in [9.17, 15) is 9.59 Å². The maximum absolute atomic E-state index is 11.8. The molecular formula is C15H11Br2NO3. The Morgan fingerprint density at radius 2 is 1.76 bits per heavy atom. The molecule has 0 heterocycles. The van der Waals surface area contributed by atoms with Crippen molar-refractivity contribution in [1.82, 2.24) is 0 Å². The number of nitrogens with one attached hydrogen (secondary N) is 1. The minimum Gasteiger partial charge on any atom is -0.483 e. The molecule has 21 heavy (non-hydrogen) atoms. The van der Waals surface area contributed by atoms with Gasteiger partial charge >= 0.3 is 0 Å². The van der Waals surface area contributed by atoms with E-state index in [4.69, 9.17) is 4.74 Å². The Hall–Kier alpha value is -1.66. The van der Waals surface area contributed by atoms with E-state index in [0.717, 1.165) is 8.95 Å². The summed E-state index contributed by atoms with van der Waals surface area (Å²) in [6.07, 6.45) is 0.687. The van der Waals surface area contributed by atoms with Crippen molar-refractivity contribution in [3.63, 3.8) is 0 Å². The van der Waals surface area contributed by atoms with E-state index in [2.05, 4.69) is 37.2 Å². The summed E-state index contributed by atoms with van der Waals surface area (Å²) >= 11 is 6.59. The van der Waals surface area contributed by atoms with Gasteiger partial charge in [-0.1, -0.05) is 31.9 Å². The zero-order valence-electron chi connectivity index (χ0n) is 10.8. The molecule has 0 aliphatic carbocycles. The molecule has 0 aliphatic heterocycles. The number of carbonyl (C=O) groups is 2. The first-order valence-corrected chi connectivity index (χ1v) is 7.60. The molecule has 4 nitrogen and oxygen atoms in total. The van der Waals surface area contributed by atoms with Crippen LogP contribution in [0.2, 0.25) is 0 Å². The molecular weight excluding hydrogens is 402 g/mol. The third kappa shape index (κ3) is 4.68. The normalized spacial score (nSPS) is 10.0. The van der Waals surface area contributed by atoms with Crippen molar-refractivity contribution >= 4 is 49.7 Å². The molecule has 6 heteroatoms. The molecule has 1 N–H and O–H groups in total. The Bertz CT molecular complexity index is 656. The third-order valence-electron chi connectivity index (χ3n) is 2.59. The predicted molar refractivity (Wildman–Crippen MR) is 87.8 cm³/mol. The zero-order chi connectivity index (χ0) is 15.2. The van der Waals surface area contributed by atoms with Gasteiger partial charge in [0.2, 0.25) is 0 Å². The summed E-state index contributed by atoms with van der Waals surface area (Å²) in [7, 11) is 0. The average Bonchev–Trinajstić information content (AvgIpc) is 2.48. The van der Waals surface area contributed by atoms with Gasteiger partial charge < -0.3 is 10.1 Å².